The van der Waals surface area contributed by atoms with E-state index in [9.17, 15) is 4.79 Å². The van der Waals surface area contributed by atoms with E-state index in [1.54, 1.807) is 30.7 Å². The van der Waals surface area contributed by atoms with E-state index >= 15 is 0 Å². The molecule has 9 heteroatoms. The summed E-state index contributed by atoms with van der Waals surface area (Å²) in [5.74, 6) is 1.07. The molecule has 9 nitrogen and oxygen atoms in total. The van der Waals surface area contributed by atoms with Crippen LogP contribution in [-0.4, -0.2) is 31.4 Å². The highest BCUT2D eigenvalue weighted by molar-refractivity contribution is 6.00. The summed E-state index contributed by atoms with van der Waals surface area (Å²) in [5.41, 5.74) is 0.720. The first-order valence-corrected chi connectivity index (χ1v) is 8.17. The quantitative estimate of drug-likeness (QED) is 0.688. The maximum Gasteiger partial charge on any atom is 0.265 e. The number of carbonyl (C=O) groups excluding carboxylic acids is 1. The Kier molecular flexibility index (Phi) is 4.37. The van der Waals surface area contributed by atoms with Crippen molar-refractivity contribution in [1.82, 2.24) is 19.8 Å². The maximum absolute atomic E-state index is 12.8. The second kappa shape index (κ2) is 7.13. The molecule has 0 N–H and O–H groups in total. The van der Waals surface area contributed by atoms with Crippen molar-refractivity contribution < 1.29 is 13.6 Å². The van der Waals surface area contributed by atoms with Crippen molar-refractivity contribution in [3.05, 3.63) is 66.5 Å². The van der Waals surface area contributed by atoms with Crippen LogP contribution in [0.5, 0.6) is 0 Å². The Morgan fingerprint density at radius 1 is 1.30 bits per heavy atom. The van der Waals surface area contributed by atoms with Crippen molar-refractivity contribution in [1.29, 1.82) is 5.26 Å². The fourth-order valence-corrected chi connectivity index (χ4v) is 2.76. The second-order valence-electron chi connectivity index (χ2n) is 5.79. The minimum Gasteiger partial charge on any atom is -0.467 e. The third-order valence-corrected chi connectivity index (χ3v) is 3.98. The zero-order valence-electron chi connectivity index (χ0n) is 14.1. The van der Waals surface area contributed by atoms with Gasteiger partial charge >= 0.3 is 0 Å². The van der Waals surface area contributed by atoms with Crippen LogP contribution in [0.3, 0.4) is 0 Å². The molecule has 1 aliphatic rings. The summed E-state index contributed by atoms with van der Waals surface area (Å²) >= 11 is 0. The molecule has 0 saturated carbocycles. The molecule has 1 amide bonds. The summed E-state index contributed by atoms with van der Waals surface area (Å²) < 4.78 is 12.1. The third kappa shape index (κ3) is 3.55. The summed E-state index contributed by atoms with van der Waals surface area (Å²) in [7, 11) is 0. The average molecular weight is 362 g/mol. The molecule has 0 spiro atoms. The Morgan fingerprint density at radius 3 is 2.85 bits per heavy atom. The standard InChI is InChI=1S/C18H14N6O3/c19-10-17-20-12-23(22-17)11-18(25)24-15(16-4-2-8-27-16)9-13(21-24)5-6-14-3-1-7-26-14/h1-8,12,15H,9,11H2/b6-5+. The SMILES string of the molecule is N#Cc1ncn(CC(=O)N2N=C(/C=C/c3ccco3)CC2c2ccco2)n1. The smallest absolute Gasteiger partial charge is 0.265 e. The molecular formula is C18H14N6O3. The van der Waals surface area contributed by atoms with Gasteiger partial charge in [-0.25, -0.2) is 14.7 Å². The summed E-state index contributed by atoms with van der Waals surface area (Å²) in [6.07, 6.45) is 8.61. The molecule has 0 saturated heterocycles. The van der Waals surface area contributed by atoms with Crippen LogP contribution < -0.4 is 0 Å². The molecule has 1 unspecified atom stereocenters. The number of furan rings is 2. The number of amides is 1. The van der Waals surface area contributed by atoms with Crippen molar-refractivity contribution in [2.75, 3.05) is 0 Å². The molecule has 1 aliphatic heterocycles. The Bertz CT molecular complexity index is 1020. The lowest BCUT2D eigenvalue weighted by molar-refractivity contribution is -0.134. The molecule has 4 rings (SSSR count). The number of nitrogens with zero attached hydrogens (tertiary/aromatic N) is 6. The molecular weight excluding hydrogens is 348 g/mol. The summed E-state index contributed by atoms with van der Waals surface area (Å²) in [5, 5.41) is 18.5. The topological polar surface area (TPSA) is 113 Å². The maximum atomic E-state index is 12.8. The van der Waals surface area contributed by atoms with Crippen LogP contribution in [0.1, 0.15) is 29.8 Å². The van der Waals surface area contributed by atoms with Gasteiger partial charge in [0.05, 0.1) is 18.2 Å². The molecule has 0 bridgehead atoms. The predicted octanol–water partition coefficient (Wildman–Crippen LogP) is 2.38. The van der Waals surface area contributed by atoms with E-state index in [1.165, 1.54) is 16.0 Å². The van der Waals surface area contributed by atoms with Gasteiger partial charge in [0, 0.05) is 6.42 Å². The zero-order chi connectivity index (χ0) is 18.6. The van der Waals surface area contributed by atoms with E-state index in [-0.39, 0.29) is 24.3 Å². The molecule has 3 aromatic rings. The van der Waals surface area contributed by atoms with E-state index in [0.29, 0.717) is 17.9 Å². The first kappa shape index (κ1) is 16.5. The van der Waals surface area contributed by atoms with Crippen LogP contribution in [0.25, 0.3) is 6.08 Å². The molecule has 0 aliphatic carbocycles. The van der Waals surface area contributed by atoms with Crippen LogP contribution in [0.2, 0.25) is 0 Å². The van der Waals surface area contributed by atoms with Crippen molar-refractivity contribution in [3.8, 4) is 6.07 Å². The van der Waals surface area contributed by atoms with Crippen molar-refractivity contribution >= 4 is 17.7 Å². The fourth-order valence-electron chi connectivity index (χ4n) is 2.76. The van der Waals surface area contributed by atoms with Gasteiger partial charge in [-0.15, -0.1) is 5.10 Å². The van der Waals surface area contributed by atoms with E-state index < -0.39 is 0 Å². The lowest BCUT2D eigenvalue weighted by atomic mass is 10.1. The van der Waals surface area contributed by atoms with Crippen LogP contribution >= 0.6 is 0 Å². The predicted molar refractivity (Wildman–Crippen MR) is 92.8 cm³/mol. The van der Waals surface area contributed by atoms with Gasteiger partial charge in [0.1, 0.15) is 36.5 Å². The highest BCUT2D eigenvalue weighted by Gasteiger charge is 2.33. The lowest BCUT2D eigenvalue weighted by Crippen LogP contribution is -2.30. The number of hydrazone groups is 1. The minimum atomic E-state index is -0.345. The normalized spacial score (nSPS) is 16.6. The van der Waals surface area contributed by atoms with Gasteiger partial charge in [0.25, 0.3) is 11.7 Å². The van der Waals surface area contributed by atoms with Gasteiger partial charge in [-0.3, -0.25) is 4.79 Å². The molecule has 0 aromatic carbocycles. The van der Waals surface area contributed by atoms with E-state index in [4.69, 9.17) is 14.1 Å². The first-order valence-electron chi connectivity index (χ1n) is 8.17. The van der Waals surface area contributed by atoms with Crippen molar-refractivity contribution in [2.45, 2.75) is 19.0 Å². The van der Waals surface area contributed by atoms with Gasteiger partial charge in [-0.2, -0.15) is 10.4 Å². The largest absolute Gasteiger partial charge is 0.467 e. The summed E-state index contributed by atoms with van der Waals surface area (Å²) in [4.78, 5) is 16.6. The Balaban J connectivity index is 1.55. The number of hydrogen-bond donors (Lipinski definition) is 0. The molecule has 4 heterocycles. The van der Waals surface area contributed by atoms with Gasteiger partial charge in [0.2, 0.25) is 0 Å². The van der Waals surface area contributed by atoms with E-state index in [1.807, 2.05) is 24.3 Å². The number of aromatic nitrogens is 3. The van der Waals surface area contributed by atoms with Gasteiger partial charge in [-0.1, -0.05) is 0 Å². The van der Waals surface area contributed by atoms with Crippen LogP contribution in [0.15, 0.2) is 63.1 Å². The lowest BCUT2D eigenvalue weighted by Gasteiger charge is -2.19. The molecule has 0 fully saturated rings. The summed E-state index contributed by atoms with van der Waals surface area (Å²) in [6, 6.07) is 8.69. The number of hydrogen-bond acceptors (Lipinski definition) is 7. The Labute approximate surface area is 153 Å². The monoisotopic (exact) mass is 362 g/mol. The third-order valence-electron chi connectivity index (χ3n) is 3.98. The minimum absolute atomic E-state index is 0.0115. The van der Waals surface area contributed by atoms with Gasteiger partial charge in [0.15, 0.2) is 0 Å². The van der Waals surface area contributed by atoms with Crippen molar-refractivity contribution in [3.63, 3.8) is 0 Å². The highest BCUT2D eigenvalue weighted by Crippen LogP contribution is 2.31. The second-order valence-corrected chi connectivity index (χ2v) is 5.79. The van der Waals surface area contributed by atoms with E-state index in [2.05, 4.69) is 15.2 Å². The van der Waals surface area contributed by atoms with Gasteiger partial charge < -0.3 is 8.83 Å². The zero-order valence-corrected chi connectivity index (χ0v) is 14.1. The molecule has 27 heavy (non-hydrogen) atoms. The van der Waals surface area contributed by atoms with Crippen molar-refractivity contribution in [2.24, 2.45) is 5.10 Å². The number of rotatable bonds is 5. The Hall–Kier alpha value is -3.93. The first-order chi connectivity index (χ1) is 13.2. The Morgan fingerprint density at radius 2 is 2.15 bits per heavy atom. The molecule has 134 valence electrons. The fraction of sp³-hybridized carbons (Fsp3) is 0.167. The van der Waals surface area contributed by atoms with Gasteiger partial charge in [-0.05, 0) is 36.4 Å². The molecule has 1 atom stereocenters. The molecule has 0 radical (unpaired) electrons. The average Bonchev–Trinajstić information content (AvgIpc) is 3.47. The molecule has 3 aromatic heterocycles. The van der Waals surface area contributed by atoms with Crippen LogP contribution in [0.4, 0.5) is 0 Å². The highest BCUT2D eigenvalue weighted by atomic mass is 16.3. The van der Waals surface area contributed by atoms with Crippen LogP contribution in [0, 0.1) is 11.3 Å². The van der Waals surface area contributed by atoms with E-state index in [0.717, 1.165) is 5.71 Å². The number of allylic oxidation sites excluding steroid dienone is 1. The van der Waals surface area contributed by atoms with Crippen LogP contribution in [-0.2, 0) is 11.3 Å². The number of carbonyl (C=O) groups is 1. The number of nitriles is 1. The summed E-state index contributed by atoms with van der Waals surface area (Å²) in [6.45, 7) is -0.0788.